The van der Waals surface area contributed by atoms with E-state index >= 15 is 0 Å². The van der Waals surface area contributed by atoms with Crippen molar-refractivity contribution in [3.05, 3.63) is 30.1 Å². The molecule has 0 saturated carbocycles. The second-order valence-electron chi connectivity index (χ2n) is 4.72. The first-order valence-corrected chi connectivity index (χ1v) is 6.40. The molecule has 0 aliphatic carbocycles. The lowest BCUT2D eigenvalue weighted by molar-refractivity contribution is 0.634. The standard InChI is InChI=1S/C13H18ClN3/c1-10(2)9-16(3)13-11(8-14)17-7-5-4-6-12(17)15-13/h4-7,10H,8-9H2,1-3H3. The maximum atomic E-state index is 6.05. The number of hydrogen-bond acceptors (Lipinski definition) is 2. The zero-order valence-corrected chi connectivity index (χ0v) is 11.3. The van der Waals surface area contributed by atoms with Gasteiger partial charge in [-0.2, -0.15) is 0 Å². The first-order valence-electron chi connectivity index (χ1n) is 5.86. The third-order valence-electron chi connectivity index (χ3n) is 2.73. The minimum absolute atomic E-state index is 0.475. The second-order valence-corrected chi connectivity index (χ2v) is 4.99. The van der Waals surface area contributed by atoms with Crippen LogP contribution in [-0.2, 0) is 5.88 Å². The lowest BCUT2D eigenvalue weighted by Crippen LogP contribution is -2.23. The van der Waals surface area contributed by atoms with E-state index in [4.69, 9.17) is 11.6 Å². The number of aromatic nitrogens is 2. The Hall–Kier alpha value is -1.22. The van der Waals surface area contributed by atoms with Crippen molar-refractivity contribution >= 4 is 23.1 Å². The fourth-order valence-electron chi connectivity index (χ4n) is 2.10. The first kappa shape index (κ1) is 12.2. The summed E-state index contributed by atoms with van der Waals surface area (Å²) in [5, 5.41) is 0. The molecule has 0 aliphatic heterocycles. The molecule has 0 amide bonds. The van der Waals surface area contributed by atoms with Crippen molar-refractivity contribution in [2.45, 2.75) is 19.7 Å². The number of hydrogen-bond donors (Lipinski definition) is 0. The molecule has 4 heteroatoms. The Labute approximate surface area is 107 Å². The van der Waals surface area contributed by atoms with Crippen LogP contribution in [0.4, 0.5) is 5.82 Å². The molecule has 17 heavy (non-hydrogen) atoms. The van der Waals surface area contributed by atoms with E-state index in [1.807, 2.05) is 24.4 Å². The molecular weight excluding hydrogens is 234 g/mol. The van der Waals surface area contributed by atoms with Gasteiger partial charge in [0.05, 0.1) is 11.6 Å². The van der Waals surface area contributed by atoms with Gasteiger partial charge in [-0.15, -0.1) is 11.6 Å². The molecule has 0 N–H and O–H groups in total. The molecule has 0 bridgehead atoms. The maximum Gasteiger partial charge on any atom is 0.152 e. The van der Waals surface area contributed by atoms with Crippen LogP contribution >= 0.6 is 11.6 Å². The van der Waals surface area contributed by atoms with Gasteiger partial charge in [0.2, 0.25) is 0 Å². The Morgan fingerprint density at radius 2 is 2.18 bits per heavy atom. The smallest absolute Gasteiger partial charge is 0.152 e. The Bertz CT molecular complexity index is 504. The SMILES string of the molecule is CC(C)CN(C)c1nc2ccccn2c1CCl. The highest BCUT2D eigenvalue weighted by Gasteiger charge is 2.15. The van der Waals surface area contributed by atoms with Crippen molar-refractivity contribution < 1.29 is 0 Å². The molecule has 2 aromatic heterocycles. The summed E-state index contributed by atoms with van der Waals surface area (Å²) in [5.74, 6) is 2.07. The second kappa shape index (κ2) is 4.96. The number of alkyl halides is 1. The quantitative estimate of drug-likeness (QED) is 0.778. The van der Waals surface area contributed by atoms with Crippen LogP contribution in [0.25, 0.3) is 5.65 Å². The van der Waals surface area contributed by atoms with Crippen LogP contribution in [-0.4, -0.2) is 23.0 Å². The number of pyridine rings is 1. The van der Waals surface area contributed by atoms with Gasteiger partial charge in [-0.1, -0.05) is 19.9 Å². The fourth-order valence-corrected chi connectivity index (χ4v) is 2.35. The molecule has 3 nitrogen and oxygen atoms in total. The van der Waals surface area contributed by atoms with E-state index in [0.717, 1.165) is 23.7 Å². The summed E-state index contributed by atoms with van der Waals surface area (Å²) in [6.45, 7) is 5.38. The molecule has 0 unspecified atom stereocenters. The van der Waals surface area contributed by atoms with Gasteiger partial charge in [-0.05, 0) is 18.1 Å². The average Bonchev–Trinajstić information content (AvgIpc) is 2.66. The lowest BCUT2D eigenvalue weighted by Gasteiger charge is -2.19. The lowest BCUT2D eigenvalue weighted by atomic mass is 10.2. The van der Waals surface area contributed by atoms with Gasteiger partial charge >= 0.3 is 0 Å². The molecule has 2 aromatic rings. The van der Waals surface area contributed by atoms with E-state index in [0.29, 0.717) is 11.8 Å². The largest absolute Gasteiger partial charge is 0.358 e. The number of anilines is 1. The van der Waals surface area contributed by atoms with E-state index in [1.165, 1.54) is 0 Å². The Morgan fingerprint density at radius 1 is 1.41 bits per heavy atom. The van der Waals surface area contributed by atoms with Crippen molar-refractivity contribution in [3.63, 3.8) is 0 Å². The minimum Gasteiger partial charge on any atom is -0.358 e. The Kier molecular flexibility index (Phi) is 3.57. The van der Waals surface area contributed by atoms with Crippen LogP contribution in [0.2, 0.25) is 0 Å². The zero-order chi connectivity index (χ0) is 12.4. The van der Waals surface area contributed by atoms with Crippen molar-refractivity contribution in [2.24, 2.45) is 5.92 Å². The Morgan fingerprint density at radius 3 is 2.82 bits per heavy atom. The van der Waals surface area contributed by atoms with Crippen LogP contribution in [0.1, 0.15) is 19.5 Å². The molecule has 0 saturated heterocycles. The first-order chi connectivity index (χ1) is 8.13. The summed E-state index contributed by atoms with van der Waals surface area (Å²) in [5.41, 5.74) is 2.01. The van der Waals surface area contributed by atoms with Crippen LogP contribution in [0.15, 0.2) is 24.4 Å². The van der Waals surface area contributed by atoms with Gasteiger partial charge in [0.1, 0.15) is 5.65 Å². The van der Waals surface area contributed by atoms with Crippen LogP contribution in [0, 0.1) is 5.92 Å². The highest BCUT2D eigenvalue weighted by Crippen LogP contribution is 2.23. The summed E-state index contributed by atoms with van der Waals surface area (Å²) in [4.78, 5) is 6.82. The molecule has 0 aromatic carbocycles. The van der Waals surface area contributed by atoms with E-state index in [-0.39, 0.29) is 0 Å². The summed E-state index contributed by atoms with van der Waals surface area (Å²) in [7, 11) is 2.07. The van der Waals surface area contributed by atoms with Crippen molar-refractivity contribution in [1.82, 2.24) is 9.38 Å². The van der Waals surface area contributed by atoms with Crippen molar-refractivity contribution in [3.8, 4) is 0 Å². The average molecular weight is 252 g/mol. The third kappa shape index (κ3) is 2.39. The summed E-state index contributed by atoms with van der Waals surface area (Å²) >= 11 is 6.05. The van der Waals surface area contributed by atoms with Crippen LogP contribution < -0.4 is 4.90 Å². The van der Waals surface area contributed by atoms with Gasteiger partial charge in [0.15, 0.2) is 5.82 Å². The van der Waals surface area contributed by atoms with E-state index in [1.54, 1.807) is 0 Å². The van der Waals surface area contributed by atoms with Crippen LogP contribution in [0.3, 0.4) is 0 Å². The van der Waals surface area contributed by atoms with Gasteiger partial charge in [-0.3, -0.25) is 0 Å². The molecule has 92 valence electrons. The summed E-state index contributed by atoms with van der Waals surface area (Å²) in [6, 6.07) is 5.99. The van der Waals surface area contributed by atoms with E-state index in [2.05, 4.69) is 35.2 Å². The number of imidazole rings is 1. The van der Waals surface area contributed by atoms with Gasteiger partial charge in [0, 0.05) is 19.8 Å². The maximum absolute atomic E-state index is 6.05. The molecule has 0 aliphatic rings. The molecule has 0 fully saturated rings. The predicted molar refractivity (Wildman–Crippen MR) is 72.9 cm³/mol. The van der Waals surface area contributed by atoms with Gasteiger partial charge < -0.3 is 9.30 Å². The highest BCUT2D eigenvalue weighted by atomic mass is 35.5. The number of halogens is 1. The molecular formula is C13H18ClN3. The molecule has 2 heterocycles. The number of nitrogens with zero attached hydrogens (tertiary/aromatic N) is 3. The van der Waals surface area contributed by atoms with Crippen molar-refractivity contribution in [1.29, 1.82) is 0 Å². The van der Waals surface area contributed by atoms with Crippen LogP contribution in [0.5, 0.6) is 0 Å². The van der Waals surface area contributed by atoms with Gasteiger partial charge in [0.25, 0.3) is 0 Å². The predicted octanol–water partition coefficient (Wildman–Crippen LogP) is 3.17. The highest BCUT2D eigenvalue weighted by molar-refractivity contribution is 6.17. The number of rotatable bonds is 4. The normalized spacial score (nSPS) is 11.4. The fraction of sp³-hybridized carbons (Fsp3) is 0.462. The van der Waals surface area contributed by atoms with E-state index < -0.39 is 0 Å². The van der Waals surface area contributed by atoms with Crippen molar-refractivity contribution in [2.75, 3.05) is 18.5 Å². The zero-order valence-electron chi connectivity index (χ0n) is 10.5. The topological polar surface area (TPSA) is 20.5 Å². The molecule has 0 radical (unpaired) electrons. The van der Waals surface area contributed by atoms with Gasteiger partial charge in [-0.25, -0.2) is 4.98 Å². The summed E-state index contributed by atoms with van der Waals surface area (Å²) < 4.78 is 2.05. The minimum atomic E-state index is 0.475. The molecule has 2 rings (SSSR count). The van der Waals surface area contributed by atoms with E-state index in [9.17, 15) is 0 Å². The monoisotopic (exact) mass is 251 g/mol. The third-order valence-corrected chi connectivity index (χ3v) is 2.99. The summed E-state index contributed by atoms with van der Waals surface area (Å²) in [6.07, 6.45) is 2.01. The molecule has 0 spiro atoms. The number of fused-ring (bicyclic) bond motifs is 1. The molecule has 0 atom stereocenters. The Balaban J connectivity index is 2.45.